The van der Waals surface area contributed by atoms with E-state index in [1.54, 1.807) is 18.7 Å². The number of aromatic nitrogens is 3. The number of hydrogen-bond acceptors (Lipinski definition) is 5. The summed E-state index contributed by atoms with van der Waals surface area (Å²) in [4.78, 5) is 15.6. The molecule has 1 aliphatic rings. The molecule has 28 heavy (non-hydrogen) atoms. The molecular weight excluding hydrogens is 355 g/mol. The first-order valence-electron chi connectivity index (χ1n) is 9.33. The van der Waals surface area contributed by atoms with Crippen LogP contribution in [-0.2, 0) is 19.4 Å². The minimum Gasteiger partial charge on any atom is -0.446 e. The summed E-state index contributed by atoms with van der Waals surface area (Å²) in [5.41, 5.74) is 5.60. The summed E-state index contributed by atoms with van der Waals surface area (Å²) in [6.07, 6.45) is 6.51. The van der Waals surface area contributed by atoms with Crippen LogP contribution in [-0.4, -0.2) is 21.5 Å². The van der Waals surface area contributed by atoms with Gasteiger partial charge in [0.15, 0.2) is 0 Å². The highest BCUT2D eigenvalue weighted by Gasteiger charge is 2.22. The Balaban J connectivity index is 1.46. The Hall–Kier alpha value is -3.28. The molecule has 0 saturated carbocycles. The van der Waals surface area contributed by atoms with E-state index in [1.165, 1.54) is 6.07 Å². The van der Waals surface area contributed by atoms with Crippen LogP contribution >= 0.6 is 0 Å². The number of halogens is 1. The van der Waals surface area contributed by atoms with Crippen molar-refractivity contribution in [2.45, 2.75) is 26.3 Å². The Kier molecular flexibility index (Phi) is 4.04. The van der Waals surface area contributed by atoms with Gasteiger partial charge in [0, 0.05) is 43.4 Å². The topological polar surface area (TPSA) is 55.1 Å². The lowest BCUT2D eigenvalue weighted by Crippen LogP contribution is -2.32. The predicted molar refractivity (Wildman–Crippen MR) is 105 cm³/mol. The van der Waals surface area contributed by atoms with Crippen LogP contribution in [0.5, 0.6) is 0 Å². The molecule has 0 N–H and O–H groups in total. The number of nitrogens with zero attached hydrogens (tertiary/aromatic N) is 4. The van der Waals surface area contributed by atoms with Gasteiger partial charge in [-0.1, -0.05) is 24.3 Å². The number of pyridine rings is 1. The van der Waals surface area contributed by atoms with Crippen LogP contribution in [0.2, 0.25) is 0 Å². The molecule has 0 atom stereocenters. The van der Waals surface area contributed by atoms with E-state index in [-0.39, 0.29) is 5.82 Å². The zero-order valence-corrected chi connectivity index (χ0v) is 15.5. The van der Waals surface area contributed by atoms with Crippen molar-refractivity contribution in [3.63, 3.8) is 0 Å². The second-order valence-electron chi connectivity index (χ2n) is 7.19. The summed E-state index contributed by atoms with van der Waals surface area (Å²) in [7, 11) is 0. The van der Waals surface area contributed by atoms with Gasteiger partial charge in [-0.25, -0.2) is 14.4 Å². The largest absolute Gasteiger partial charge is 0.446 e. The van der Waals surface area contributed by atoms with Gasteiger partial charge in [0.05, 0.1) is 11.6 Å². The number of anilines is 1. The van der Waals surface area contributed by atoms with Gasteiger partial charge in [0.25, 0.3) is 0 Å². The van der Waals surface area contributed by atoms with Gasteiger partial charge in [-0.2, -0.15) is 0 Å². The lowest BCUT2D eigenvalue weighted by atomic mass is 10.00. The molecule has 0 bridgehead atoms. The summed E-state index contributed by atoms with van der Waals surface area (Å²) < 4.78 is 19.5. The molecule has 3 aromatic heterocycles. The molecule has 1 aliphatic heterocycles. The van der Waals surface area contributed by atoms with E-state index >= 15 is 0 Å². The Bertz CT molecular complexity index is 1170. The van der Waals surface area contributed by atoms with Crippen LogP contribution in [0.1, 0.15) is 27.9 Å². The summed E-state index contributed by atoms with van der Waals surface area (Å²) in [6.45, 7) is 3.55. The Morgan fingerprint density at radius 3 is 2.96 bits per heavy atom. The second kappa shape index (κ2) is 6.71. The third-order valence-electron chi connectivity index (χ3n) is 5.28. The van der Waals surface area contributed by atoms with Crippen LogP contribution in [0.15, 0.2) is 53.5 Å². The molecule has 0 spiro atoms. The number of rotatable bonds is 3. The smallest absolute Gasteiger partial charge is 0.231 e. The van der Waals surface area contributed by atoms with Crippen molar-refractivity contribution in [3.8, 4) is 0 Å². The SMILES string of the molecule is Cc1coc2ncnc(N3CCc4ncc(Cc5ccccc5F)cc4C3)c12. The van der Waals surface area contributed by atoms with Crippen molar-refractivity contribution in [2.24, 2.45) is 0 Å². The average Bonchev–Trinajstić information content (AvgIpc) is 3.10. The third-order valence-corrected chi connectivity index (χ3v) is 5.28. The molecule has 4 aromatic rings. The van der Waals surface area contributed by atoms with Crippen LogP contribution in [0, 0.1) is 12.7 Å². The van der Waals surface area contributed by atoms with Gasteiger partial charge in [-0.3, -0.25) is 4.98 Å². The molecule has 0 aliphatic carbocycles. The molecule has 0 amide bonds. The normalized spacial score (nSPS) is 13.7. The van der Waals surface area contributed by atoms with E-state index < -0.39 is 0 Å². The summed E-state index contributed by atoms with van der Waals surface area (Å²) in [5, 5.41) is 0.960. The fourth-order valence-corrected chi connectivity index (χ4v) is 3.85. The molecule has 4 heterocycles. The highest BCUT2D eigenvalue weighted by molar-refractivity contribution is 5.89. The Labute approximate surface area is 161 Å². The molecule has 5 nitrogen and oxygen atoms in total. The molecule has 140 valence electrons. The zero-order chi connectivity index (χ0) is 19.1. The number of aryl methyl sites for hydroxylation is 1. The van der Waals surface area contributed by atoms with Gasteiger partial charge >= 0.3 is 0 Å². The monoisotopic (exact) mass is 374 g/mol. The van der Waals surface area contributed by atoms with Crippen molar-refractivity contribution in [1.29, 1.82) is 0 Å². The van der Waals surface area contributed by atoms with Gasteiger partial charge in [0.1, 0.15) is 18.0 Å². The van der Waals surface area contributed by atoms with Crippen molar-refractivity contribution < 1.29 is 8.81 Å². The van der Waals surface area contributed by atoms with Crippen LogP contribution < -0.4 is 4.90 Å². The maximum Gasteiger partial charge on any atom is 0.231 e. The van der Waals surface area contributed by atoms with Crippen LogP contribution in [0.4, 0.5) is 10.2 Å². The highest BCUT2D eigenvalue weighted by atomic mass is 19.1. The van der Waals surface area contributed by atoms with Crippen LogP contribution in [0.25, 0.3) is 11.1 Å². The van der Waals surface area contributed by atoms with Crippen molar-refractivity contribution in [2.75, 3.05) is 11.4 Å². The van der Waals surface area contributed by atoms with E-state index in [1.807, 2.05) is 25.3 Å². The summed E-state index contributed by atoms with van der Waals surface area (Å²) in [5.74, 6) is 0.710. The fourth-order valence-electron chi connectivity index (χ4n) is 3.85. The van der Waals surface area contributed by atoms with Crippen molar-refractivity contribution in [1.82, 2.24) is 15.0 Å². The highest BCUT2D eigenvalue weighted by Crippen LogP contribution is 2.31. The first kappa shape index (κ1) is 16.9. The van der Waals surface area contributed by atoms with Crippen molar-refractivity contribution in [3.05, 3.63) is 82.9 Å². The number of hydrogen-bond donors (Lipinski definition) is 0. The molecule has 0 radical (unpaired) electrons. The minimum atomic E-state index is -0.180. The van der Waals surface area contributed by atoms with E-state index in [9.17, 15) is 4.39 Å². The number of benzene rings is 1. The average molecular weight is 374 g/mol. The van der Waals surface area contributed by atoms with Gasteiger partial charge in [-0.05, 0) is 29.7 Å². The van der Waals surface area contributed by atoms with Gasteiger partial charge in [0.2, 0.25) is 5.71 Å². The zero-order valence-electron chi connectivity index (χ0n) is 15.5. The molecule has 0 saturated heterocycles. The standard InChI is InChI=1S/C22H19FN4O/c1-14-12-28-22-20(14)21(25-13-26-22)27-7-6-19-17(11-27)9-15(10-24-19)8-16-4-2-3-5-18(16)23/h2-5,9-10,12-13H,6-8,11H2,1H3. The number of furan rings is 1. The first-order chi connectivity index (χ1) is 13.7. The van der Waals surface area contributed by atoms with E-state index in [0.717, 1.165) is 46.6 Å². The van der Waals surface area contributed by atoms with Crippen molar-refractivity contribution >= 4 is 16.9 Å². The van der Waals surface area contributed by atoms with E-state index in [0.29, 0.717) is 24.2 Å². The Morgan fingerprint density at radius 1 is 1.18 bits per heavy atom. The predicted octanol–water partition coefficient (Wildman–Crippen LogP) is 4.22. The maximum atomic E-state index is 14.0. The quantitative estimate of drug-likeness (QED) is 0.537. The number of fused-ring (bicyclic) bond motifs is 2. The van der Waals surface area contributed by atoms with Gasteiger partial charge < -0.3 is 9.32 Å². The third kappa shape index (κ3) is 2.91. The van der Waals surface area contributed by atoms with E-state index in [2.05, 4.69) is 25.9 Å². The van der Waals surface area contributed by atoms with Crippen LogP contribution in [0.3, 0.4) is 0 Å². The van der Waals surface area contributed by atoms with E-state index in [4.69, 9.17) is 4.42 Å². The molecule has 0 fully saturated rings. The molecule has 1 aromatic carbocycles. The first-order valence-corrected chi connectivity index (χ1v) is 9.33. The maximum absolute atomic E-state index is 14.0. The minimum absolute atomic E-state index is 0.180. The molecule has 0 unspecified atom stereocenters. The summed E-state index contributed by atoms with van der Waals surface area (Å²) in [6, 6.07) is 9.03. The molecule has 6 heteroatoms. The molecular formula is C22H19FN4O. The fraction of sp³-hybridized carbons (Fsp3) is 0.227. The van der Waals surface area contributed by atoms with Gasteiger partial charge in [-0.15, -0.1) is 0 Å². The lowest BCUT2D eigenvalue weighted by Gasteiger charge is -2.29. The summed E-state index contributed by atoms with van der Waals surface area (Å²) >= 11 is 0. The Morgan fingerprint density at radius 2 is 2.07 bits per heavy atom. The lowest BCUT2D eigenvalue weighted by molar-refractivity contribution is 0.599. The molecule has 5 rings (SSSR count). The second-order valence-corrected chi connectivity index (χ2v) is 7.19.